The first-order valence-electron chi connectivity index (χ1n) is 9.58. The molecule has 4 rings (SSSR count). The second kappa shape index (κ2) is 8.57. The highest BCUT2D eigenvalue weighted by Crippen LogP contribution is 2.38. The number of benzene rings is 1. The Bertz CT molecular complexity index is 1110. The molecule has 3 aromatic rings. The second-order valence-electron chi connectivity index (χ2n) is 7.41. The highest BCUT2D eigenvalue weighted by atomic mass is 32.2. The lowest BCUT2D eigenvalue weighted by Gasteiger charge is -2.18. The number of thiophene rings is 1. The Hall–Kier alpha value is -2.72. The highest BCUT2D eigenvalue weighted by molar-refractivity contribution is 7.99. The molecule has 1 aliphatic rings. The number of fused-ring (bicyclic) bond motifs is 1. The first kappa shape index (κ1) is 20.5. The number of hydrogen-bond acceptors (Lipinski definition) is 7. The van der Waals surface area contributed by atoms with E-state index in [1.54, 1.807) is 17.4 Å². The summed E-state index contributed by atoms with van der Waals surface area (Å²) >= 11 is 3.08. The van der Waals surface area contributed by atoms with Gasteiger partial charge in [0.2, 0.25) is 5.91 Å². The molecule has 1 amide bonds. The summed E-state index contributed by atoms with van der Waals surface area (Å²) in [6, 6.07) is 5.88. The minimum absolute atomic E-state index is 0.0631. The van der Waals surface area contributed by atoms with Crippen LogP contribution in [0.2, 0.25) is 0 Å². The molecule has 10 heteroatoms. The van der Waals surface area contributed by atoms with E-state index < -0.39 is 4.92 Å². The maximum atomic E-state index is 12.3. The molecule has 1 aliphatic carbocycles. The van der Waals surface area contributed by atoms with Crippen LogP contribution < -0.4 is 5.32 Å². The van der Waals surface area contributed by atoms with Gasteiger partial charge in [0, 0.05) is 40.7 Å². The highest BCUT2D eigenvalue weighted by Gasteiger charge is 2.23. The molecule has 2 aromatic heterocycles. The van der Waals surface area contributed by atoms with Crippen molar-refractivity contribution in [1.29, 1.82) is 0 Å². The summed E-state index contributed by atoms with van der Waals surface area (Å²) in [5, 5.41) is 25.0. The smallest absolute Gasteiger partial charge is 0.271 e. The zero-order valence-corrected chi connectivity index (χ0v) is 18.3. The van der Waals surface area contributed by atoms with Crippen molar-refractivity contribution in [2.75, 3.05) is 11.1 Å². The molecule has 156 valence electrons. The fraction of sp³-hybridized carbons (Fsp3) is 0.350. The van der Waals surface area contributed by atoms with Crippen molar-refractivity contribution < 1.29 is 9.72 Å². The summed E-state index contributed by atoms with van der Waals surface area (Å²) in [7, 11) is 1.91. The SMILES string of the molecule is CC1CCc2c(-c3nnc(SCC(=O)Nc4cccc([N+](=O)[O-])c4)n3C)csc2C1. The Labute approximate surface area is 181 Å². The van der Waals surface area contributed by atoms with Gasteiger partial charge >= 0.3 is 0 Å². The summed E-state index contributed by atoms with van der Waals surface area (Å²) in [5.74, 6) is 1.42. The minimum Gasteiger partial charge on any atom is -0.325 e. The summed E-state index contributed by atoms with van der Waals surface area (Å²) in [6.07, 6.45) is 3.38. The van der Waals surface area contributed by atoms with Crippen LogP contribution >= 0.6 is 23.1 Å². The molecule has 0 bridgehead atoms. The Morgan fingerprint density at radius 2 is 2.27 bits per heavy atom. The first-order chi connectivity index (χ1) is 14.4. The van der Waals surface area contributed by atoms with Crippen LogP contribution in [0.5, 0.6) is 0 Å². The monoisotopic (exact) mass is 443 g/mol. The Morgan fingerprint density at radius 3 is 3.07 bits per heavy atom. The number of nitrogens with zero attached hydrogens (tertiary/aromatic N) is 4. The predicted molar refractivity (Wildman–Crippen MR) is 118 cm³/mol. The normalized spacial score (nSPS) is 15.6. The van der Waals surface area contributed by atoms with Crippen molar-refractivity contribution in [3.63, 3.8) is 0 Å². The van der Waals surface area contributed by atoms with Crippen LogP contribution in [-0.2, 0) is 24.7 Å². The Morgan fingerprint density at radius 1 is 1.43 bits per heavy atom. The number of amides is 1. The van der Waals surface area contributed by atoms with Gasteiger partial charge in [-0.05, 0) is 36.8 Å². The number of anilines is 1. The molecule has 0 radical (unpaired) electrons. The molecule has 1 N–H and O–H groups in total. The quantitative estimate of drug-likeness (QED) is 0.346. The van der Waals surface area contributed by atoms with Crippen molar-refractivity contribution in [2.24, 2.45) is 13.0 Å². The molecular weight excluding hydrogens is 422 g/mol. The molecule has 0 saturated heterocycles. The molecule has 0 fully saturated rings. The Balaban J connectivity index is 1.42. The van der Waals surface area contributed by atoms with Crippen LogP contribution in [0.15, 0.2) is 34.8 Å². The maximum Gasteiger partial charge on any atom is 0.271 e. The number of nitro benzene ring substituents is 1. The number of thioether (sulfide) groups is 1. The van der Waals surface area contributed by atoms with E-state index in [1.165, 1.54) is 46.8 Å². The largest absolute Gasteiger partial charge is 0.325 e. The maximum absolute atomic E-state index is 12.3. The van der Waals surface area contributed by atoms with E-state index in [2.05, 4.69) is 27.8 Å². The number of aromatic nitrogens is 3. The molecule has 1 unspecified atom stereocenters. The first-order valence-corrected chi connectivity index (χ1v) is 11.4. The van der Waals surface area contributed by atoms with Crippen molar-refractivity contribution in [1.82, 2.24) is 14.8 Å². The van der Waals surface area contributed by atoms with Gasteiger partial charge in [0.25, 0.3) is 5.69 Å². The van der Waals surface area contributed by atoms with E-state index in [1.807, 2.05) is 11.6 Å². The van der Waals surface area contributed by atoms with E-state index in [0.717, 1.165) is 30.1 Å². The predicted octanol–water partition coefficient (Wildman–Crippen LogP) is 4.31. The third kappa shape index (κ3) is 4.24. The van der Waals surface area contributed by atoms with Crippen molar-refractivity contribution in [3.05, 3.63) is 50.2 Å². The summed E-state index contributed by atoms with van der Waals surface area (Å²) < 4.78 is 1.92. The minimum atomic E-state index is -0.491. The van der Waals surface area contributed by atoms with E-state index >= 15 is 0 Å². The average molecular weight is 444 g/mol. The van der Waals surface area contributed by atoms with Gasteiger partial charge in [-0.15, -0.1) is 21.5 Å². The lowest BCUT2D eigenvalue weighted by atomic mass is 9.88. The van der Waals surface area contributed by atoms with E-state index in [0.29, 0.717) is 10.8 Å². The number of nitrogens with one attached hydrogen (secondary N) is 1. The summed E-state index contributed by atoms with van der Waals surface area (Å²) in [5.41, 5.74) is 2.86. The van der Waals surface area contributed by atoms with Gasteiger partial charge in [-0.1, -0.05) is 24.8 Å². The van der Waals surface area contributed by atoms with Crippen molar-refractivity contribution in [2.45, 2.75) is 31.3 Å². The lowest BCUT2D eigenvalue weighted by molar-refractivity contribution is -0.384. The third-order valence-electron chi connectivity index (χ3n) is 5.15. The topological polar surface area (TPSA) is 103 Å². The van der Waals surface area contributed by atoms with Crippen LogP contribution in [0.25, 0.3) is 11.4 Å². The van der Waals surface area contributed by atoms with Crippen LogP contribution in [0, 0.1) is 16.0 Å². The number of hydrogen-bond donors (Lipinski definition) is 1. The fourth-order valence-corrected chi connectivity index (χ4v) is 5.52. The number of non-ortho nitro benzene ring substituents is 1. The lowest BCUT2D eigenvalue weighted by Crippen LogP contribution is -2.14. The second-order valence-corrected chi connectivity index (χ2v) is 9.32. The van der Waals surface area contributed by atoms with Gasteiger partial charge in [-0.2, -0.15) is 0 Å². The van der Waals surface area contributed by atoms with E-state index in [9.17, 15) is 14.9 Å². The van der Waals surface area contributed by atoms with Crippen LogP contribution in [0.4, 0.5) is 11.4 Å². The molecule has 2 heterocycles. The number of rotatable bonds is 6. The van der Waals surface area contributed by atoms with Crippen LogP contribution in [0.1, 0.15) is 23.8 Å². The van der Waals surface area contributed by atoms with Crippen LogP contribution in [0.3, 0.4) is 0 Å². The molecule has 8 nitrogen and oxygen atoms in total. The van der Waals surface area contributed by atoms with Gasteiger partial charge in [0.05, 0.1) is 10.7 Å². The molecule has 30 heavy (non-hydrogen) atoms. The van der Waals surface area contributed by atoms with Crippen molar-refractivity contribution in [3.8, 4) is 11.4 Å². The molecule has 1 aromatic carbocycles. The molecular formula is C20H21N5O3S2. The van der Waals surface area contributed by atoms with Crippen molar-refractivity contribution >= 4 is 40.4 Å². The molecule has 0 spiro atoms. The third-order valence-corrected chi connectivity index (χ3v) is 7.22. The average Bonchev–Trinajstić information content (AvgIpc) is 3.29. The van der Waals surface area contributed by atoms with Gasteiger partial charge in [0.15, 0.2) is 11.0 Å². The van der Waals surface area contributed by atoms with Gasteiger partial charge in [-0.25, -0.2) is 0 Å². The molecule has 0 aliphatic heterocycles. The fourth-order valence-electron chi connectivity index (χ4n) is 3.56. The standard InChI is InChI=1S/C20H21N5O3S2/c1-12-6-7-15-16(10-29-17(15)8-12)19-22-23-20(24(19)2)30-11-18(26)21-13-4-3-5-14(9-13)25(27)28/h3-5,9-10,12H,6-8,11H2,1-2H3,(H,21,26). The number of carbonyl (C=O) groups excluding carboxylic acids is 1. The number of carbonyl (C=O) groups is 1. The number of nitro groups is 1. The summed E-state index contributed by atoms with van der Waals surface area (Å²) in [6.45, 7) is 2.29. The summed E-state index contributed by atoms with van der Waals surface area (Å²) in [4.78, 5) is 24.1. The van der Waals surface area contributed by atoms with Gasteiger partial charge in [-0.3, -0.25) is 14.9 Å². The molecule has 1 atom stereocenters. The van der Waals surface area contributed by atoms with Crippen LogP contribution in [-0.4, -0.2) is 31.3 Å². The van der Waals surface area contributed by atoms with Gasteiger partial charge < -0.3 is 9.88 Å². The van der Waals surface area contributed by atoms with Gasteiger partial charge in [0.1, 0.15) is 0 Å². The zero-order chi connectivity index (χ0) is 21.3. The van der Waals surface area contributed by atoms with E-state index in [4.69, 9.17) is 0 Å². The molecule has 0 saturated carbocycles. The Kier molecular flexibility index (Phi) is 5.87. The van der Waals surface area contributed by atoms with E-state index in [-0.39, 0.29) is 17.3 Å². The zero-order valence-electron chi connectivity index (χ0n) is 16.6.